The average molecular weight is 310 g/mol. The van der Waals surface area contributed by atoms with Crippen molar-refractivity contribution in [3.05, 3.63) is 23.2 Å². The average Bonchev–Trinajstić information content (AvgIpc) is 2.81. The lowest BCUT2D eigenvalue weighted by Gasteiger charge is -2.27. The van der Waals surface area contributed by atoms with E-state index < -0.39 is 0 Å². The SMILES string of the molecule is CC(C)(C)C1CCN(CC(=O)Nc2ccc(N)cc2Cl)C1. The summed E-state index contributed by atoms with van der Waals surface area (Å²) in [5.41, 5.74) is 7.14. The Labute approximate surface area is 131 Å². The number of carbonyl (C=O) groups excluding carboxylic acids is 1. The highest BCUT2D eigenvalue weighted by atomic mass is 35.5. The van der Waals surface area contributed by atoms with Crippen molar-refractivity contribution < 1.29 is 4.79 Å². The number of likely N-dealkylation sites (tertiary alicyclic amines) is 1. The van der Waals surface area contributed by atoms with Gasteiger partial charge in [0.25, 0.3) is 0 Å². The highest BCUT2D eigenvalue weighted by molar-refractivity contribution is 6.34. The van der Waals surface area contributed by atoms with Crippen LogP contribution in [0.4, 0.5) is 11.4 Å². The quantitative estimate of drug-likeness (QED) is 0.843. The van der Waals surface area contributed by atoms with E-state index in [4.69, 9.17) is 17.3 Å². The molecule has 1 saturated heterocycles. The maximum Gasteiger partial charge on any atom is 0.238 e. The number of rotatable bonds is 3. The molecule has 1 heterocycles. The van der Waals surface area contributed by atoms with Crippen LogP contribution >= 0.6 is 11.6 Å². The first kappa shape index (κ1) is 16.1. The number of anilines is 2. The summed E-state index contributed by atoms with van der Waals surface area (Å²) < 4.78 is 0. The monoisotopic (exact) mass is 309 g/mol. The first-order valence-corrected chi connectivity index (χ1v) is 7.71. The lowest BCUT2D eigenvalue weighted by Crippen LogP contribution is -2.33. The van der Waals surface area contributed by atoms with E-state index in [1.165, 1.54) is 0 Å². The minimum Gasteiger partial charge on any atom is -0.399 e. The first-order chi connectivity index (χ1) is 9.75. The Balaban J connectivity index is 1.88. The molecule has 1 atom stereocenters. The van der Waals surface area contributed by atoms with Gasteiger partial charge in [0, 0.05) is 12.2 Å². The molecule has 0 spiro atoms. The minimum atomic E-state index is -0.0313. The van der Waals surface area contributed by atoms with Gasteiger partial charge in [-0.25, -0.2) is 0 Å². The molecule has 2 rings (SSSR count). The van der Waals surface area contributed by atoms with Crippen LogP contribution in [0.5, 0.6) is 0 Å². The molecule has 21 heavy (non-hydrogen) atoms. The molecule has 1 aliphatic rings. The Morgan fingerprint density at radius 2 is 2.19 bits per heavy atom. The van der Waals surface area contributed by atoms with Gasteiger partial charge in [0.2, 0.25) is 5.91 Å². The summed E-state index contributed by atoms with van der Waals surface area (Å²) in [6, 6.07) is 5.10. The maximum atomic E-state index is 12.1. The fraction of sp³-hybridized carbons (Fsp3) is 0.562. The summed E-state index contributed by atoms with van der Waals surface area (Å²) in [5.74, 6) is 0.613. The van der Waals surface area contributed by atoms with Crippen molar-refractivity contribution in [1.29, 1.82) is 0 Å². The van der Waals surface area contributed by atoms with Crippen LogP contribution in [0.15, 0.2) is 18.2 Å². The van der Waals surface area contributed by atoms with Crippen LogP contribution in [0.2, 0.25) is 5.02 Å². The van der Waals surface area contributed by atoms with E-state index in [0.717, 1.165) is 19.5 Å². The maximum absolute atomic E-state index is 12.1. The van der Waals surface area contributed by atoms with E-state index in [1.54, 1.807) is 18.2 Å². The first-order valence-electron chi connectivity index (χ1n) is 7.33. The molecule has 1 aromatic rings. The molecule has 1 amide bonds. The predicted octanol–water partition coefficient (Wildman–Crippen LogP) is 3.23. The number of nitrogens with zero attached hydrogens (tertiary/aromatic N) is 1. The van der Waals surface area contributed by atoms with E-state index >= 15 is 0 Å². The summed E-state index contributed by atoms with van der Waals surface area (Å²) in [6.45, 7) is 9.14. The lowest BCUT2D eigenvalue weighted by atomic mass is 9.80. The van der Waals surface area contributed by atoms with Gasteiger partial charge in [0.1, 0.15) is 0 Å². The third kappa shape index (κ3) is 4.35. The molecule has 0 aromatic heterocycles. The Morgan fingerprint density at radius 1 is 1.48 bits per heavy atom. The van der Waals surface area contributed by atoms with Crippen LogP contribution in [0, 0.1) is 11.3 Å². The van der Waals surface area contributed by atoms with Gasteiger partial charge < -0.3 is 11.1 Å². The second kappa shape index (κ2) is 6.24. The zero-order chi connectivity index (χ0) is 15.6. The standard InChI is InChI=1S/C16H24ClN3O/c1-16(2,3)11-6-7-20(9-11)10-15(21)19-14-5-4-12(18)8-13(14)17/h4-5,8,11H,6-7,9-10,18H2,1-3H3,(H,19,21). The van der Waals surface area contributed by atoms with Gasteiger partial charge >= 0.3 is 0 Å². The van der Waals surface area contributed by atoms with E-state index in [0.29, 0.717) is 34.3 Å². The normalized spacial score (nSPS) is 19.7. The minimum absolute atomic E-state index is 0.0313. The second-order valence-corrected chi connectivity index (χ2v) is 7.28. The van der Waals surface area contributed by atoms with Crippen LogP contribution in [0.25, 0.3) is 0 Å². The molecule has 5 heteroatoms. The summed E-state index contributed by atoms with van der Waals surface area (Å²) >= 11 is 6.06. The smallest absolute Gasteiger partial charge is 0.238 e. The van der Waals surface area contributed by atoms with Crippen molar-refractivity contribution in [2.24, 2.45) is 11.3 Å². The number of amides is 1. The van der Waals surface area contributed by atoms with Crippen molar-refractivity contribution >= 4 is 28.9 Å². The Kier molecular flexibility index (Phi) is 4.79. The number of hydrogen-bond donors (Lipinski definition) is 2. The van der Waals surface area contributed by atoms with Crippen LogP contribution in [0.3, 0.4) is 0 Å². The van der Waals surface area contributed by atoms with Crippen molar-refractivity contribution in [2.45, 2.75) is 27.2 Å². The molecule has 1 aliphatic heterocycles. The van der Waals surface area contributed by atoms with Gasteiger partial charge in [-0.3, -0.25) is 9.69 Å². The molecule has 116 valence electrons. The summed E-state index contributed by atoms with van der Waals surface area (Å²) in [4.78, 5) is 14.3. The van der Waals surface area contributed by atoms with Gasteiger partial charge in [0.15, 0.2) is 0 Å². The third-order valence-electron chi connectivity index (χ3n) is 4.13. The fourth-order valence-corrected chi connectivity index (χ4v) is 2.94. The number of hydrogen-bond acceptors (Lipinski definition) is 3. The van der Waals surface area contributed by atoms with Crippen LogP contribution in [-0.4, -0.2) is 30.4 Å². The number of nitrogens with two attached hydrogens (primary N) is 1. The van der Waals surface area contributed by atoms with Crippen LogP contribution in [0.1, 0.15) is 27.2 Å². The summed E-state index contributed by atoms with van der Waals surface area (Å²) in [5, 5.41) is 3.32. The molecule has 0 bridgehead atoms. The van der Waals surface area contributed by atoms with Gasteiger partial charge in [-0.05, 0) is 42.5 Å². The zero-order valence-electron chi connectivity index (χ0n) is 12.9. The van der Waals surface area contributed by atoms with Crippen molar-refractivity contribution in [1.82, 2.24) is 4.90 Å². The Hall–Kier alpha value is -1.26. The Morgan fingerprint density at radius 3 is 2.76 bits per heavy atom. The van der Waals surface area contributed by atoms with Crippen molar-refractivity contribution in [2.75, 3.05) is 30.7 Å². The fourth-order valence-electron chi connectivity index (χ4n) is 2.71. The number of carbonyl (C=O) groups is 1. The molecule has 0 saturated carbocycles. The molecule has 1 unspecified atom stereocenters. The predicted molar refractivity (Wildman–Crippen MR) is 88.5 cm³/mol. The van der Waals surface area contributed by atoms with Crippen molar-refractivity contribution in [3.63, 3.8) is 0 Å². The van der Waals surface area contributed by atoms with Gasteiger partial charge in [-0.1, -0.05) is 32.4 Å². The molecule has 1 fully saturated rings. The summed E-state index contributed by atoms with van der Waals surface area (Å²) in [7, 11) is 0. The molecule has 0 aliphatic carbocycles. The molecular formula is C16H24ClN3O. The highest BCUT2D eigenvalue weighted by Gasteiger charge is 2.32. The van der Waals surface area contributed by atoms with Crippen LogP contribution < -0.4 is 11.1 Å². The second-order valence-electron chi connectivity index (χ2n) is 6.87. The topological polar surface area (TPSA) is 58.4 Å². The van der Waals surface area contributed by atoms with Gasteiger partial charge in [0.05, 0.1) is 17.3 Å². The molecule has 0 radical (unpaired) electrons. The molecular weight excluding hydrogens is 286 g/mol. The highest BCUT2D eigenvalue weighted by Crippen LogP contribution is 2.33. The zero-order valence-corrected chi connectivity index (χ0v) is 13.7. The number of benzene rings is 1. The number of nitrogens with one attached hydrogen (secondary N) is 1. The van der Waals surface area contributed by atoms with E-state index in [-0.39, 0.29) is 5.91 Å². The van der Waals surface area contributed by atoms with Crippen LogP contribution in [-0.2, 0) is 4.79 Å². The molecule has 4 nitrogen and oxygen atoms in total. The van der Waals surface area contributed by atoms with E-state index in [9.17, 15) is 4.79 Å². The van der Waals surface area contributed by atoms with Gasteiger partial charge in [-0.15, -0.1) is 0 Å². The van der Waals surface area contributed by atoms with Gasteiger partial charge in [-0.2, -0.15) is 0 Å². The molecule has 1 aromatic carbocycles. The summed E-state index contributed by atoms with van der Waals surface area (Å²) in [6.07, 6.45) is 1.15. The third-order valence-corrected chi connectivity index (χ3v) is 4.44. The number of nitrogen functional groups attached to an aromatic ring is 1. The largest absolute Gasteiger partial charge is 0.399 e. The van der Waals surface area contributed by atoms with Crippen molar-refractivity contribution in [3.8, 4) is 0 Å². The van der Waals surface area contributed by atoms with E-state index in [2.05, 4.69) is 31.0 Å². The lowest BCUT2D eigenvalue weighted by molar-refractivity contribution is -0.117. The number of halogens is 1. The van der Waals surface area contributed by atoms with E-state index in [1.807, 2.05) is 0 Å². The Bertz CT molecular complexity index is 525. The molecule has 3 N–H and O–H groups in total.